The van der Waals surface area contributed by atoms with Gasteiger partial charge in [0.1, 0.15) is 0 Å². The first-order chi connectivity index (χ1) is 5.93. The second-order valence-corrected chi connectivity index (χ2v) is 2.77. The summed E-state index contributed by atoms with van der Waals surface area (Å²) in [7, 11) is 0. The summed E-state index contributed by atoms with van der Waals surface area (Å²) < 4.78 is 0. The first-order valence-corrected chi connectivity index (χ1v) is 4.15. The minimum absolute atomic E-state index is 0.426. The monoisotopic (exact) mass is 190 g/mol. The molecule has 0 saturated carbocycles. The highest BCUT2D eigenvalue weighted by Crippen LogP contribution is 2.07. The Kier molecular flexibility index (Phi) is 10.4. The highest BCUT2D eigenvalue weighted by atomic mass is 16.5. The number of aliphatic carboxylic acids is 1. The van der Waals surface area contributed by atoms with Crippen molar-refractivity contribution in [1.29, 1.82) is 0 Å². The molecule has 78 valence electrons. The highest BCUT2D eigenvalue weighted by Gasteiger charge is 2.02. The molecular formula is C9H18O4. The Morgan fingerprint density at radius 3 is 2.00 bits per heavy atom. The molecule has 0 aromatic rings. The van der Waals surface area contributed by atoms with Crippen LogP contribution in [0.15, 0.2) is 12.7 Å². The molecule has 0 fully saturated rings. The number of hydrogen-bond donors (Lipinski definition) is 3. The molecule has 0 radical (unpaired) electrons. The van der Waals surface area contributed by atoms with Crippen molar-refractivity contribution in [2.45, 2.75) is 33.0 Å². The van der Waals surface area contributed by atoms with Crippen molar-refractivity contribution in [3.8, 4) is 0 Å². The fourth-order valence-electron chi connectivity index (χ4n) is 0.527. The third-order valence-corrected chi connectivity index (χ3v) is 1.48. The molecule has 4 heteroatoms. The van der Waals surface area contributed by atoms with Crippen LogP contribution in [0.1, 0.15) is 26.7 Å². The van der Waals surface area contributed by atoms with Crippen LogP contribution in [0.4, 0.5) is 0 Å². The van der Waals surface area contributed by atoms with E-state index in [0.29, 0.717) is 12.3 Å². The number of aliphatic hydroxyl groups is 2. The molecule has 0 bridgehead atoms. The van der Waals surface area contributed by atoms with E-state index in [4.69, 9.17) is 15.3 Å². The summed E-state index contributed by atoms with van der Waals surface area (Å²) in [6.07, 6.45) is 1.22. The van der Waals surface area contributed by atoms with Crippen molar-refractivity contribution in [2.75, 3.05) is 0 Å². The zero-order valence-corrected chi connectivity index (χ0v) is 8.10. The summed E-state index contributed by atoms with van der Waals surface area (Å²) in [5.74, 6) is -0.556. The van der Waals surface area contributed by atoms with Crippen molar-refractivity contribution in [3.05, 3.63) is 12.7 Å². The van der Waals surface area contributed by atoms with Gasteiger partial charge in [-0.25, -0.2) is 4.79 Å². The minimum Gasteiger partial charge on any atom is -0.478 e. The van der Waals surface area contributed by atoms with Crippen molar-refractivity contribution in [2.24, 2.45) is 5.92 Å². The number of carboxylic acid groups (broad SMARTS) is 1. The van der Waals surface area contributed by atoms with Gasteiger partial charge in [0.05, 0.1) is 0 Å². The standard InChI is InChI=1S/C6H14O2.C3H4O2/c1-3-5(2)4-6(7)8;1-2-3(4)5/h5-8H,3-4H2,1-2H3;2H,1H2,(H,4,5). The summed E-state index contributed by atoms with van der Waals surface area (Å²) in [5, 5.41) is 24.4. The van der Waals surface area contributed by atoms with Crippen LogP contribution in [0.25, 0.3) is 0 Å². The zero-order chi connectivity index (χ0) is 10.9. The lowest BCUT2D eigenvalue weighted by molar-refractivity contribution is -0.131. The summed E-state index contributed by atoms with van der Waals surface area (Å²) in [6, 6.07) is 0. The number of aliphatic hydroxyl groups excluding tert-OH is 1. The van der Waals surface area contributed by atoms with Gasteiger partial charge in [-0.1, -0.05) is 26.8 Å². The maximum atomic E-state index is 9.25. The molecule has 4 nitrogen and oxygen atoms in total. The third-order valence-electron chi connectivity index (χ3n) is 1.48. The fraction of sp³-hybridized carbons (Fsp3) is 0.667. The molecule has 1 unspecified atom stereocenters. The van der Waals surface area contributed by atoms with Gasteiger partial charge in [0.15, 0.2) is 6.29 Å². The predicted molar refractivity (Wildman–Crippen MR) is 50.1 cm³/mol. The molecule has 0 aliphatic rings. The molecule has 0 aromatic carbocycles. The van der Waals surface area contributed by atoms with Crippen LogP contribution in [0.3, 0.4) is 0 Å². The lowest BCUT2D eigenvalue weighted by Gasteiger charge is -2.08. The first-order valence-electron chi connectivity index (χ1n) is 4.15. The largest absolute Gasteiger partial charge is 0.478 e. The van der Waals surface area contributed by atoms with Crippen LogP contribution in [0.5, 0.6) is 0 Å². The van der Waals surface area contributed by atoms with Crippen LogP contribution >= 0.6 is 0 Å². The van der Waals surface area contributed by atoms with Gasteiger partial charge in [-0.05, 0) is 5.92 Å². The molecule has 0 spiro atoms. The van der Waals surface area contributed by atoms with Crippen molar-refractivity contribution in [3.63, 3.8) is 0 Å². The normalized spacial score (nSPS) is 11.5. The van der Waals surface area contributed by atoms with E-state index in [-0.39, 0.29) is 0 Å². The Hall–Kier alpha value is -0.870. The van der Waals surface area contributed by atoms with E-state index in [1.807, 2.05) is 13.8 Å². The zero-order valence-electron chi connectivity index (χ0n) is 8.10. The van der Waals surface area contributed by atoms with Gasteiger partial charge < -0.3 is 15.3 Å². The first kappa shape index (κ1) is 14.6. The molecule has 0 aliphatic heterocycles. The summed E-state index contributed by atoms with van der Waals surface area (Å²) >= 11 is 0. The van der Waals surface area contributed by atoms with Crippen LogP contribution < -0.4 is 0 Å². The van der Waals surface area contributed by atoms with Gasteiger partial charge in [0.25, 0.3) is 0 Å². The Morgan fingerprint density at radius 1 is 1.54 bits per heavy atom. The van der Waals surface area contributed by atoms with E-state index in [2.05, 4.69) is 6.58 Å². The molecule has 0 aliphatic carbocycles. The SMILES string of the molecule is C=CC(=O)O.CCC(C)CC(O)O. The van der Waals surface area contributed by atoms with E-state index in [1.54, 1.807) is 0 Å². The maximum Gasteiger partial charge on any atom is 0.327 e. The molecule has 13 heavy (non-hydrogen) atoms. The van der Waals surface area contributed by atoms with E-state index in [9.17, 15) is 4.79 Å². The van der Waals surface area contributed by atoms with Crippen molar-refractivity contribution >= 4 is 5.97 Å². The van der Waals surface area contributed by atoms with E-state index in [0.717, 1.165) is 12.5 Å². The van der Waals surface area contributed by atoms with E-state index < -0.39 is 12.3 Å². The maximum absolute atomic E-state index is 9.25. The fourth-order valence-corrected chi connectivity index (χ4v) is 0.527. The van der Waals surface area contributed by atoms with Crippen molar-refractivity contribution in [1.82, 2.24) is 0 Å². The lowest BCUT2D eigenvalue weighted by Crippen LogP contribution is -2.09. The Labute approximate surface area is 78.5 Å². The van der Waals surface area contributed by atoms with Gasteiger partial charge in [0.2, 0.25) is 0 Å². The second-order valence-electron chi connectivity index (χ2n) is 2.77. The van der Waals surface area contributed by atoms with Crippen LogP contribution in [-0.4, -0.2) is 27.6 Å². The van der Waals surface area contributed by atoms with E-state index in [1.165, 1.54) is 0 Å². The van der Waals surface area contributed by atoms with Crippen LogP contribution in [0, 0.1) is 5.92 Å². The topological polar surface area (TPSA) is 77.8 Å². The molecule has 0 aromatic heterocycles. The van der Waals surface area contributed by atoms with Gasteiger partial charge in [-0.15, -0.1) is 0 Å². The van der Waals surface area contributed by atoms with Gasteiger partial charge >= 0.3 is 5.97 Å². The lowest BCUT2D eigenvalue weighted by atomic mass is 10.1. The number of hydrogen-bond acceptors (Lipinski definition) is 3. The summed E-state index contributed by atoms with van der Waals surface area (Å²) in [4.78, 5) is 9.25. The highest BCUT2D eigenvalue weighted by molar-refractivity contribution is 5.78. The van der Waals surface area contributed by atoms with Crippen LogP contribution in [0.2, 0.25) is 0 Å². The third kappa shape index (κ3) is 18.2. The molecule has 0 heterocycles. The number of carboxylic acids is 1. The average molecular weight is 190 g/mol. The molecule has 0 saturated heterocycles. The minimum atomic E-state index is -1.12. The summed E-state index contributed by atoms with van der Waals surface area (Å²) in [6.45, 7) is 6.99. The van der Waals surface area contributed by atoms with E-state index >= 15 is 0 Å². The smallest absolute Gasteiger partial charge is 0.327 e. The Balaban J connectivity index is 0. The van der Waals surface area contributed by atoms with Crippen molar-refractivity contribution < 1.29 is 20.1 Å². The Morgan fingerprint density at radius 2 is 1.92 bits per heavy atom. The molecule has 3 N–H and O–H groups in total. The molecule has 0 rings (SSSR count). The molecule has 0 amide bonds. The van der Waals surface area contributed by atoms with Gasteiger partial charge in [0, 0.05) is 12.5 Å². The molecule has 1 atom stereocenters. The number of carbonyl (C=O) groups is 1. The van der Waals surface area contributed by atoms with Gasteiger partial charge in [-0.2, -0.15) is 0 Å². The van der Waals surface area contributed by atoms with Crippen LogP contribution in [-0.2, 0) is 4.79 Å². The second kappa shape index (κ2) is 9.22. The van der Waals surface area contributed by atoms with Gasteiger partial charge in [-0.3, -0.25) is 0 Å². The Bertz CT molecular complexity index is 143. The quantitative estimate of drug-likeness (QED) is 0.456. The number of rotatable bonds is 4. The predicted octanol–water partition coefficient (Wildman–Crippen LogP) is 0.990. The molecular weight excluding hydrogens is 172 g/mol. The average Bonchev–Trinajstić information content (AvgIpc) is 2.04. The summed E-state index contributed by atoms with van der Waals surface area (Å²) in [5.41, 5.74) is 0.